The van der Waals surface area contributed by atoms with Crippen molar-refractivity contribution >= 4 is 34.8 Å². The number of hydrogen-bond donors (Lipinski definition) is 2. The predicted molar refractivity (Wildman–Crippen MR) is 97.7 cm³/mol. The van der Waals surface area contributed by atoms with Crippen LogP contribution < -0.4 is 15.4 Å². The standard InChI is InChI=1S/C18H15ClN4O2/c1-25-14-8-6-13(7-9-14)22-18-20-10-12(11-21-18)17(24)23-16-5-3-2-4-15(16)19/h2-11H,1H3,(H,23,24)(H,20,21,22). The Labute approximate surface area is 149 Å². The van der Waals surface area contributed by atoms with Crippen LogP contribution in [0.3, 0.4) is 0 Å². The molecule has 0 spiro atoms. The van der Waals surface area contributed by atoms with Gasteiger partial charge in [0.05, 0.1) is 23.4 Å². The second-order valence-electron chi connectivity index (χ2n) is 5.08. The number of hydrogen-bond acceptors (Lipinski definition) is 5. The average Bonchev–Trinajstić information content (AvgIpc) is 2.65. The Balaban J connectivity index is 1.67. The van der Waals surface area contributed by atoms with E-state index in [1.54, 1.807) is 31.4 Å². The van der Waals surface area contributed by atoms with Crippen molar-refractivity contribution in [3.63, 3.8) is 0 Å². The first-order valence-electron chi connectivity index (χ1n) is 7.45. The van der Waals surface area contributed by atoms with Crippen molar-refractivity contribution in [3.8, 4) is 5.75 Å². The van der Waals surface area contributed by atoms with Crippen LogP contribution in [0.15, 0.2) is 60.9 Å². The summed E-state index contributed by atoms with van der Waals surface area (Å²) in [6.45, 7) is 0. The van der Waals surface area contributed by atoms with E-state index in [1.807, 2.05) is 24.3 Å². The molecule has 2 N–H and O–H groups in total. The summed E-state index contributed by atoms with van der Waals surface area (Å²) in [4.78, 5) is 20.5. The van der Waals surface area contributed by atoms with Crippen LogP contribution in [0.25, 0.3) is 0 Å². The van der Waals surface area contributed by atoms with Crippen LogP contribution in [0.5, 0.6) is 5.75 Å². The summed E-state index contributed by atoms with van der Waals surface area (Å²) < 4.78 is 5.11. The molecular weight excluding hydrogens is 340 g/mol. The van der Waals surface area contributed by atoms with Crippen LogP contribution in [0.4, 0.5) is 17.3 Å². The Kier molecular flexibility index (Phi) is 5.11. The number of carbonyl (C=O) groups is 1. The van der Waals surface area contributed by atoms with Gasteiger partial charge in [-0.05, 0) is 36.4 Å². The van der Waals surface area contributed by atoms with E-state index in [-0.39, 0.29) is 5.91 Å². The van der Waals surface area contributed by atoms with Gasteiger partial charge in [-0.15, -0.1) is 0 Å². The van der Waals surface area contributed by atoms with Gasteiger partial charge in [-0.3, -0.25) is 4.79 Å². The Morgan fingerprint density at radius 2 is 1.72 bits per heavy atom. The van der Waals surface area contributed by atoms with Crippen LogP contribution in [-0.4, -0.2) is 23.0 Å². The van der Waals surface area contributed by atoms with Crippen LogP contribution in [-0.2, 0) is 0 Å². The molecule has 0 saturated heterocycles. The third kappa shape index (κ3) is 4.24. The van der Waals surface area contributed by atoms with Gasteiger partial charge in [-0.25, -0.2) is 9.97 Å². The van der Waals surface area contributed by atoms with Crippen molar-refractivity contribution in [1.82, 2.24) is 9.97 Å². The van der Waals surface area contributed by atoms with Crippen molar-refractivity contribution in [2.45, 2.75) is 0 Å². The Morgan fingerprint density at radius 3 is 2.36 bits per heavy atom. The second-order valence-corrected chi connectivity index (χ2v) is 5.49. The van der Waals surface area contributed by atoms with Crippen molar-refractivity contribution in [2.75, 3.05) is 17.7 Å². The highest BCUT2D eigenvalue weighted by Crippen LogP contribution is 2.21. The molecule has 0 aliphatic carbocycles. The van der Waals surface area contributed by atoms with E-state index in [0.29, 0.717) is 22.2 Å². The van der Waals surface area contributed by atoms with E-state index in [4.69, 9.17) is 16.3 Å². The summed E-state index contributed by atoms with van der Waals surface area (Å²) in [5, 5.41) is 6.24. The molecule has 0 saturated carbocycles. The monoisotopic (exact) mass is 354 g/mol. The van der Waals surface area contributed by atoms with Gasteiger partial charge in [0.25, 0.3) is 5.91 Å². The van der Waals surface area contributed by atoms with Crippen LogP contribution in [0.2, 0.25) is 5.02 Å². The third-order valence-electron chi connectivity index (χ3n) is 3.38. The highest BCUT2D eigenvalue weighted by atomic mass is 35.5. The van der Waals surface area contributed by atoms with Crippen molar-refractivity contribution < 1.29 is 9.53 Å². The molecule has 0 fully saturated rings. The molecule has 6 nitrogen and oxygen atoms in total. The lowest BCUT2D eigenvalue weighted by Gasteiger charge is -2.08. The molecule has 0 radical (unpaired) electrons. The normalized spacial score (nSPS) is 10.2. The molecular formula is C18H15ClN4O2. The van der Waals surface area contributed by atoms with Gasteiger partial charge in [0.1, 0.15) is 5.75 Å². The van der Waals surface area contributed by atoms with E-state index in [2.05, 4.69) is 20.6 Å². The number of nitrogens with one attached hydrogen (secondary N) is 2. The molecule has 0 aliphatic rings. The minimum Gasteiger partial charge on any atom is -0.497 e. The van der Waals surface area contributed by atoms with Gasteiger partial charge in [-0.2, -0.15) is 0 Å². The molecule has 3 aromatic rings. The number of halogens is 1. The summed E-state index contributed by atoms with van der Waals surface area (Å²) in [5.41, 5.74) is 1.68. The Morgan fingerprint density at radius 1 is 1.04 bits per heavy atom. The van der Waals surface area contributed by atoms with Crippen molar-refractivity contribution in [3.05, 3.63) is 71.5 Å². The molecule has 0 unspecified atom stereocenters. The Hall–Kier alpha value is -3.12. The molecule has 1 aromatic heterocycles. The lowest BCUT2D eigenvalue weighted by molar-refractivity contribution is 0.102. The lowest BCUT2D eigenvalue weighted by Crippen LogP contribution is -2.13. The maximum Gasteiger partial charge on any atom is 0.258 e. The van der Waals surface area contributed by atoms with Gasteiger partial charge < -0.3 is 15.4 Å². The molecule has 126 valence electrons. The van der Waals surface area contributed by atoms with Gasteiger partial charge in [0.15, 0.2) is 0 Å². The van der Waals surface area contributed by atoms with E-state index in [1.165, 1.54) is 12.4 Å². The van der Waals surface area contributed by atoms with Gasteiger partial charge in [0.2, 0.25) is 5.95 Å². The molecule has 3 rings (SSSR count). The SMILES string of the molecule is COc1ccc(Nc2ncc(C(=O)Nc3ccccc3Cl)cn2)cc1. The number of carbonyl (C=O) groups excluding carboxylic acids is 1. The first-order chi connectivity index (χ1) is 12.2. The minimum absolute atomic E-state index is 0.330. The summed E-state index contributed by atoms with van der Waals surface area (Å²) in [6, 6.07) is 14.4. The maximum absolute atomic E-state index is 12.2. The largest absolute Gasteiger partial charge is 0.497 e. The smallest absolute Gasteiger partial charge is 0.258 e. The van der Waals surface area contributed by atoms with Gasteiger partial charge in [-0.1, -0.05) is 23.7 Å². The molecule has 1 amide bonds. The number of ether oxygens (including phenoxy) is 1. The van der Waals surface area contributed by atoms with E-state index < -0.39 is 0 Å². The fraction of sp³-hybridized carbons (Fsp3) is 0.0556. The fourth-order valence-corrected chi connectivity index (χ4v) is 2.25. The number of anilines is 3. The first-order valence-corrected chi connectivity index (χ1v) is 7.82. The molecule has 2 aromatic carbocycles. The molecule has 0 aliphatic heterocycles. The predicted octanol–water partition coefficient (Wildman–Crippen LogP) is 4.13. The molecule has 7 heteroatoms. The third-order valence-corrected chi connectivity index (χ3v) is 3.71. The van der Waals surface area contributed by atoms with E-state index in [0.717, 1.165) is 11.4 Å². The lowest BCUT2D eigenvalue weighted by atomic mass is 10.2. The molecule has 1 heterocycles. The summed E-state index contributed by atoms with van der Waals surface area (Å²) in [6.07, 6.45) is 2.90. The summed E-state index contributed by atoms with van der Waals surface area (Å²) in [7, 11) is 1.61. The number of rotatable bonds is 5. The first kappa shape index (κ1) is 16.7. The maximum atomic E-state index is 12.2. The van der Waals surface area contributed by atoms with E-state index >= 15 is 0 Å². The number of methoxy groups -OCH3 is 1. The summed E-state index contributed by atoms with van der Waals surface area (Å²) >= 11 is 6.03. The van der Waals surface area contributed by atoms with Crippen LogP contribution >= 0.6 is 11.6 Å². The van der Waals surface area contributed by atoms with Gasteiger partial charge in [0, 0.05) is 18.1 Å². The second kappa shape index (κ2) is 7.63. The summed E-state index contributed by atoms with van der Waals surface area (Å²) in [5.74, 6) is 0.821. The molecule has 0 atom stereocenters. The van der Waals surface area contributed by atoms with Crippen LogP contribution in [0, 0.1) is 0 Å². The zero-order valence-corrected chi connectivity index (χ0v) is 14.1. The number of para-hydroxylation sites is 1. The number of benzene rings is 2. The number of aromatic nitrogens is 2. The molecule has 0 bridgehead atoms. The van der Waals surface area contributed by atoms with Crippen LogP contribution in [0.1, 0.15) is 10.4 Å². The number of nitrogens with zero attached hydrogens (tertiary/aromatic N) is 2. The average molecular weight is 355 g/mol. The van der Waals surface area contributed by atoms with Crippen molar-refractivity contribution in [2.24, 2.45) is 0 Å². The fourth-order valence-electron chi connectivity index (χ4n) is 2.07. The highest BCUT2D eigenvalue weighted by molar-refractivity contribution is 6.33. The van der Waals surface area contributed by atoms with Gasteiger partial charge >= 0.3 is 0 Å². The molecule has 25 heavy (non-hydrogen) atoms. The number of amides is 1. The topological polar surface area (TPSA) is 76.1 Å². The van der Waals surface area contributed by atoms with Crippen molar-refractivity contribution in [1.29, 1.82) is 0 Å². The highest BCUT2D eigenvalue weighted by Gasteiger charge is 2.09. The minimum atomic E-state index is -0.330. The quantitative estimate of drug-likeness (QED) is 0.720. The van der Waals surface area contributed by atoms with E-state index in [9.17, 15) is 4.79 Å². The zero-order valence-electron chi connectivity index (χ0n) is 13.4. The zero-order chi connectivity index (χ0) is 17.6. The Bertz CT molecular complexity index is 867.